The van der Waals surface area contributed by atoms with Gasteiger partial charge in [0.05, 0.1) is 11.4 Å². The monoisotopic (exact) mass is 320 g/mol. The summed E-state index contributed by atoms with van der Waals surface area (Å²) in [5, 5.41) is 1.21. The van der Waals surface area contributed by atoms with Gasteiger partial charge in [-0.25, -0.2) is 4.79 Å². The van der Waals surface area contributed by atoms with E-state index in [-0.39, 0.29) is 17.2 Å². The molecule has 5 rings (SSSR count). The lowest BCUT2D eigenvalue weighted by molar-refractivity contribution is 0.0297. The Balaban J connectivity index is 1.82. The number of aromatic nitrogens is 2. The molecule has 0 amide bonds. The maximum atomic E-state index is 12.8. The SMILES string of the molecule is CC1Cc2cc3n(c(=O)c2C(=O)O1)CCc1c-3[nH]c2ccccc12. The van der Waals surface area contributed by atoms with Crippen molar-refractivity contribution in [2.75, 3.05) is 0 Å². The summed E-state index contributed by atoms with van der Waals surface area (Å²) in [6.07, 6.45) is 1.16. The highest BCUT2D eigenvalue weighted by Crippen LogP contribution is 2.35. The summed E-state index contributed by atoms with van der Waals surface area (Å²) in [7, 11) is 0. The van der Waals surface area contributed by atoms with Crippen molar-refractivity contribution in [3.63, 3.8) is 0 Å². The van der Waals surface area contributed by atoms with Gasteiger partial charge in [-0.3, -0.25) is 4.79 Å². The number of carbonyl (C=O) groups is 1. The number of cyclic esters (lactones) is 1. The van der Waals surface area contributed by atoms with E-state index in [0.29, 0.717) is 13.0 Å². The molecule has 5 heteroatoms. The van der Waals surface area contributed by atoms with Crippen LogP contribution in [0.1, 0.15) is 28.4 Å². The standard InChI is InChI=1S/C19H16N2O3/c1-10-8-11-9-15-17-13(12-4-2-3-5-14(12)20-17)6-7-21(15)18(22)16(11)19(23)24-10/h2-5,9-10,20H,6-8H2,1H3. The van der Waals surface area contributed by atoms with Gasteiger partial charge in [-0.2, -0.15) is 0 Å². The molecule has 3 aromatic rings. The lowest BCUT2D eigenvalue weighted by atomic mass is 9.95. The molecule has 1 aromatic carbocycles. The second-order valence-corrected chi connectivity index (χ2v) is 6.58. The summed E-state index contributed by atoms with van der Waals surface area (Å²) < 4.78 is 6.94. The van der Waals surface area contributed by atoms with Gasteiger partial charge in [0, 0.05) is 23.9 Å². The molecule has 0 saturated carbocycles. The quantitative estimate of drug-likeness (QED) is 0.648. The van der Waals surface area contributed by atoms with Gasteiger partial charge in [0.15, 0.2) is 0 Å². The van der Waals surface area contributed by atoms with E-state index in [1.807, 2.05) is 31.2 Å². The molecule has 1 unspecified atom stereocenters. The van der Waals surface area contributed by atoms with E-state index in [9.17, 15) is 9.59 Å². The van der Waals surface area contributed by atoms with Crippen LogP contribution in [0.15, 0.2) is 35.1 Å². The molecule has 0 radical (unpaired) electrons. The molecule has 2 aliphatic heterocycles. The van der Waals surface area contributed by atoms with Crippen molar-refractivity contribution < 1.29 is 9.53 Å². The van der Waals surface area contributed by atoms with Gasteiger partial charge in [-0.1, -0.05) is 18.2 Å². The minimum absolute atomic E-state index is 0.196. The number of hydrogen-bond acceptors (Lipinski definition) is 3. The van der Waals surface area contributed by atoms with E-state index >= 15 is 0 Å². The van der Waals surface area contributed by atoms with Crippen molar-refractivity contribution in [1.82, 2.24) is 9.55 Å². The molecular weight excluding hydrogens is 304 g/mol. The highest BCUT2D eigenvalue weighted by atomic mass is 16.5. The van der Waals surface area contributed by atoms with Crippen LogP contribution in [0.25, 0.3) is 22.3 Å². The minimum atomic E-state index is -0.494. The zero-order chi connectivity index (χ0) is 16.4. The zero-order valence-electron chi connectivity index (χ0n) is 13.3. The Kier molecular flexibility index (Phi) is 2.61. The third-order valence-corrected chi connectivity index (χ3v) is 5.06. The number of esters is 1. The number of carbonyl (C=O) groups excluding carboxylic acids is 1. The summed E-state index contributed by atoms with van der Waals surface area (Å²) in [5.41, 5.74) is 4.96. The van der Waals surface area contributed by atoms with Crippen molar-refractivity contribution in [3.05, 3.63) is 57.4 Å². The summed E-state index contributed by atoms with van der Waals surface area (Å²) in [5.74, 6) is -0.494. The average Bonchev–Trinajstić information content (AvgIpc) is 2.93. The summed E-state index contributed by atoms with van der Waals surface area (Å²) in [6.45, 7) is 2.44. The molecule has 5 nitrogen and oxygen atoms in total. The molecule has 24 heavy (non-hydrogen) atoms. The second kappa shape index (κ2) is 4.60. The van der Waals surface area contributed by atoms with Gasteiger partial charge < -0.3 is 14.3 Å². The van der Waals surface area contributed by atoms with Gasteiger partial charge >= 0.3 is 5.97 Å². The van der Waals surface area contributed by atoms with Gasteiger partial charge in [0.25, 0.3) is 5.56 Å². The molecule has 0 bridgehead atoms. The Morgan fingerprint density at radius 3 is 2.96 bits per heavy atom. The number of aryl methyl sites for hydroxylation is 1. The molecule has 0 spiro atoms. The number of fused-ring (bicyclic) bond motifs is 6. The van der Waals surface area contributed by atoms with Crippen LogP contribution in [0, 0.1) is 0 Å². The number of nitrogens with one attached hydrogen (secondary N) is 1. The topological polar surface area (TPSA) is 64.1 Å². The summed E-state index contributed by atoms with van der Waals surface area (Å²) in [6, 6.07) is 10.2. The lowest BCUT2D eigenvalue weighted by Crippen LogP contribution is -2.37. The first-order valence-corrected chi connectivity index (χ1v) is 8.21. The van der Waals surface area contributed by atoms with Crippen LogP contribution >= 0.6 is 0 Å². The third kappa shape index (κ3) is 1.69. The Morgan fingerprint density at radius 1 is 1.25 bits per heavy atom. The smallest absolute Gasteiger partial charge is 0.344 e. The molecule has 1 N–H and O–H groups in total. The normalized spacial score (nSPS) is 18.7. The maximum Gasteiger partial charge on any atom is 0.344 e. The predicted octanol–water partition coefficient (Wildman–Crippen LogP) is 2.65. The van der Waals surface area contributed by atoms with Crippen LogP contribution in [0.4, 0.5) is 0 Å². The van der Waals surface area contributed by atoms with Crippen LogP contribution in [0.5, 0.6) is 0 Å². The highest BCUT2D eigenvalue weighted by Gasteiger charge is 2.31. The second-order valence-electron chi connectivity index (χ2n) is 6.58. The minimum Gasteiger partial charge on any atom is -0.459 e. The average molecular weight is 320 g/mol. The van der Waals surface area contributed by atoms with Crippen LogP contribution in [-0.4, -0.2) is 21.6 Å². The Hall–Kier alpha value is -2.82. The van der Waals surface area contributed by atoms with Crippen LogP contribution in [-0.2, 0) is 24.1 Å². The van der Waals surface area contributed by atoms with Crippen molar-refractivity contribution in [3.8, 4) is 11.4 Å². The Morgan fingerprint density at radius 2 is 2.08 bits per heavy atom. The van der Waals surface area contributed by atoms with E-state index in [0.717, 1.165) is 28.9 Å². The number of rotatable bonds is 0. The number of benzene rings is 1. The largest absolute Gasteiger partial charge is 0.459 e. The number of nitrogens with zero attached hydrogens (tertiary/aromatic N) is 1. The van der Waals surface area contributed by atoms with Crippen LogP contribution in [0.2, 0.25) is 0 Å². The van der Waals surface area contributed by atoms with Crippen molar-refractivity contribution >= 4 is 16.9 Å². The summed E-state index contributed by atoms with van der Waals surface area (Å²) in [4.78, 5) is 28.4. The van der Waals surface area contributed by atoms with Crippen molar-refractivity contribution in [1.29, 1.82) is 0 Å². The maximum absolute atomic E-state index is 12.8. The number of H-pyrrole nitrogens is 1. The van der Waals surface area contributed by atoms with Crippen molar-refractivity contribution in [2.24, 2.45) is 0 Å². The fourth-order valence-corrected chi connectivity index (χ4v) is 4.00. The molecule has 1 atom stereocenters. The molecule has 0 aliphatic carbocycles. The lowest BCUT2D eigenvalue weighted by Gasteiger charge is -2.26. The number of para-hydroxylation sites is 1. The number of pyridine rings is 1. The molecule has 2 aromatic heterocycles. The molecular formula is C19H16N2O3. The Bertz CT molecular complexity index is 1070. The molecule has 0 saturated heterocycles. The summed E-state index contributed by atoms with van der Waals surface area (Å²) >= 11 is 0. The van der Waals surface area contributed by atoms with E-state index < -0.39 is 5.97 Å². The third-order valence-electron chi connectivity index (χ3n) is 5.06. The number of hydrogen-bond donors (Lipinski definition) is 1. The fourth-order valence-electron chi connectivity index (χ4n) is 4.00. The van der Waals surface area contributed by atoms with E-state index in [1.54, 1.807) is 4.57 Å². The van der Waals surface area contributed by atoms with Gasteiger partial charge in [-0.15, -0.1) is 0 Å². The molecule has 120 valence electrons. The highest BCUT2D eigenvalue weighted by molar-refractivity contribution is 5.94. The molecule has 4 heterocycles. The van der Waals surface area contributed by atoms with E-state index in [1.165, 1.54) is 10.9 Å². The number of aromatic amines is 1. The predicted molar refractivity (Wildman–Crippen MR) is 90.3 cm³/mol. The molecule has 0 fully saturated rings. The number of ether oxygens (including phenoxy) is 1. The first-order chi connectivity index (χ1) is 11.6. The Labute approximate surface area is 137 Å². The van der Waals surface area contributed by atoms with E-state index in [2.05, 4.69) is 11.1 Å². The van der Waals surface area contributed by atoms with Gasteiger partial charge in [-0.05, 0) is 36.6 Å². The van der Waals surface area contributed by atoms with Crippen LogP contribution in [0.3, 0.4) is 0 Å². The van der Waals surface area contributed by atoms with E-state index in [4.69, 9.17) is 4.74 Å². The van der Waals surface area contributed by atoms with Crippen LogP contribution < -0.4 is 5.56 Å². The van der Waals surface area contributed by atoms with Crippen molar-refractivity contribution in [2.45, 2.75) is 32.4 Å². The van der Waals surface area contributed by atoms with Gasteiger partial charge in [0.2, 0.25) is 0 Å². The first-order valence-electron chi connectivity index (χ1n) is 8.21. The zero-order valence-corrected chi connectivity index (χ0v) is 13.3. The first kappa shape index (κ1) is 13.6. The fraction of sp³-hybridized carbons (Fsp3) is 0.263. The molecule has 2 aliphatic rings. The van der Waals surface area contributed by atoms with Gasteiger partial charge in [0.1, 0.15) is 11.7 Å².